The lowest BCUT2D eigenvalue weighted by Gasteiger charge is -2.36. The SMILES string of the molecule is CC(=O)N1CCCC(C(=O)N2CCC(=Cc3ccc(F)c(F)c3)CC2)C1. The van der Waals surface area contributed by atoms with Gasteiger partial charge in [-0.05, 0) is 43.4 Å². The number of hydrogen-bond donors (Lipinski definition) is 0. The predicted octanol–water partition coefficient (Wildman–Crippen LogP) is 3.23. The lowest BCUT2D eigenvalue weighted by Crippen LogP contribution is -2.47. The van der Waals surface area contributed by atoms with Crippen LogP contribution >= 0.6 is 0 Å². The van der Waals surface area contributed by atoms with Crippen LogP contribution in [0.1, 0.15) is 38.2 Å². The first kappa shape index (κ1) is 18.5. The molecule has 2 aliphatic heterocycles. The van der Waals surface area contributed by atoms with Crippen molar-refractivity contribution < 1.29 is 18.4 Å². The van der Waals surface area contributed by atoms with Gasteiger partial charge in [-0.15, -0.1) is 0 Å². The lowest BCUT2D eigenvalue weighted by atomic mass is 9.94. The highest BCUT2D eigenvalue weighted by Crippen LogP contribution is 2.24. The number of hydrogen-bond acceptors (Lipinski definition) is 2. The molecule has 0 aromatic heterocycles. The molecule has 2 amide bonds. The summed E-state index contributed by atoms with van der Waals surface area (Å²) in [6, 6.07) is 3.88. The van der Waals surface area contributed by atoms with Gasteiger partial charge in [-0.3, -0.25) is 9.59 Å². The van der Waals surface area contributed by atoms with Crippen LogP contribution in [-0.4, -0.2) is 47.8 Å². The van der Waals surface area contributed by atoms with Crippen LogP contribution in [0.15, 0.2) is 23.8 Å². The second-order valence-electron chi connectivity index (χ2n) is 7.11. The van der Waals surface area contributed by atoms with Crippen LogP contribution < -0.4 is 0 Å². The van der Waals surface area contributed by atoms with Crippen molar-refractivity contribution >= 4 is 17.9 Å². The van der Waals surface area contributed by atoms with Crippen LogP contribution in [0, 0.1) is 17.6 Å². The molecular formula is C20H24F2N2O2. The maximum Gasteiger partial charge on any atom is 0.227 e. The standard InChI is InChI=1S/C20H24F2N2O2/c1-14(25)24-8-2-3-17(13-24)20(26)23-9-6-15(7-10-23)11-16-4-5-18(21)19(22)12-16/h4-5,11-12,17H,2-3,6-10,13H2,1H3. The molecule has 2 saturated heterocycles. The number of carbonyl (C=O) groups is 2. The highest BCUT2D eigenvalue weighted by molar-refractivity contribution is 5.81. The third-order valence-corrected chi connectivity index (χ3v) is 5.25. The predicted molar refractivity (Wildman–Crippen MR) is 95.1 cm³/mol. The number of rotatable bonds is 2. The normalized spacial score (nSPS) is 20.9. The Kier molecular flexibility index (Phi) is 5.69. The smallest absolute Gasteiger partial charge is 0.227 e. The molecule has 1 aromatic carbocycles. The Labute approximate surface area is 152 Å². The van der Waals surface area contributed by atoms with Gasteiger partial charge >= 0.3 is 0 Å². The molecule has 0 N–H and O–H groups in total. The van der Waals surface area contributed by atoms with Gasteiger partial charge < -0.3 is 9.80 Å². The molecule has 0 radical (unpaired) electrons. The largest absolute Gasteiger partial charge is 0.342 e. The van der Waals surface area contributed by atoms with Gasteiger partial charge in [-0.1, -0.05) is 17.7 Å². The first-order valence-electron chi connectivity index (χ1n) is 9.13. The van der Waals surface area contributed by atoms with E-state index in [1.54, 1.807) is 17.9 Å². The fourth-order valence-corrected chi connectivity index (χ4v) is 3.72. The number of piperidine rings is 2. The molecule has 6 heteroatoms. The van der Waals surface area contributed by atoms with Crippen molar-refractivity contribution in [1.29, 1.82) is 0 Å². The van der Waals surface area contributed by atoms with Gasteiger partial charge in [0.05, 0.1) is 5.92 Å². The van der Waals surface area contributed by atoms with E-state index in [4.69, 9.17) is 0 Å². The summed E-state index contributed by atoms with van der Waals surface area (Å²) in [6.45, 7) is 4.06. The minimum Gasteiger partial charge on any atom is -0.342 e. The van der Waals surface area contributed by atoms with Gasteiger partial charge in [0.15, 0.2) is 11.6 Å². The monoisotopic (exact) mass is 362 g/mol. The Morgan fingerprint density at radius 3 is 2.46 bits per heavy atom. The van der Waals surface area contributed by atoms with E-state index in [0.717, 1.165) is 43.9 Å². The average molecular weight is 362 g/mol. The molecule has 0 bridgehead atoms. The molecule has 0 saturated carbocycles. The molecule has 0 aliphatic carbocycles. The molecular weight excluding hydrogens is 338 g/mol. The van der Waals surface area contributed by atoms with Gasteiger partial charge in [0.2, 0.25) is 11.8 Å². The van der Waals surface area contributed by atoms with Gasteiger partial charge in [-0.2, -0.15) is 0 Å². The van der Waals surface area contributed by atoms with Gasteiger partial charge in [0.1, 0.15) is 0 Å². The fraction of sp³-hybridized carbons (Fsp3) is 0.500. The Bertz CT molecular complexity index is 723. The Balaban J connectivity index is 1.57. The van der Waals surface area contributed by atoms with Crippen LogP contribution in [0.5, 0.6) is 0 Å². The average Bonchev–Trinajstić information content (AvgIpc) is 2.65. The minimum absolute atomic E-state index is 0.0258. The number of amides is 2. The van der Waals surface area contributed by atoms with E-state index in [2.05, 4.69) is 0 Å². The van der Waals surface area contributed by atoms with E-state index in [1.807, 2.05) is 11.0 Å². The molecule has 1 aromatic rings. The summed E-state index contributed by atoms with van der Waals surface area (Å²) in [4.78, 5) is 27.9. The summed E-state index contributed by atoms with van der Waals surface area (Å²) in [6.07, 6.45) is 5.03. The third kappa shape index (κ3) is 4.29. The summed E-state index contributed by atoms with van der Waals surface area (Å²) in [7, 11) is 0. The second kappa shape index (κ2) is 7.98. The van der Waals surface area contributed by atoms with Crippen molar-refractivity contribution in [2.24, 2.45) is 5.92 Å². The highest BCUT2D eigenvalue weighted by Gasteiger charge is 2.31. The summed E-state index contributed by atoms with van der Waals surface area (Å²) in [5.41, 5.74) is 1.78. The fourth-order valence-electron chi connectivity index (χ4n) is 3.72. The molecule has 2 aliphatic rings. The van der Waals surface area contributed by atoms with Crippen LogP contribution in [0.3, 0.4) is 0 Å². The number of benzene rings is 1. The van der Waals surface area contributed by atoms with E-state index in [-0.39, 0.29) is 17.7 Å². The van der Waals surface area contributed by atoms with E-state index in [9.17, 15) is 18.4 Å². The number of likely N-dealkylation sites (tertiary alicyclic amines) is 2. The Morgan fingerprint density at radius 2 is 1.81 bits per heavy atom. The van der Waals surface area contributed by atoms with Crippen molar-refractivity contribution in [2.75, 3.05) is 26.2 Å². The molecule has 1 unspecified atom stereocenters. The Morgan fingerprint density at radius 1 is 1.08 bits per heavy atom. The quantitative estimate of drug-likeness (QED) is 0.810. The second-order valence-corrected chi connectivity index (χ2v) is 7.11. The van der Waals surface area contributed by atoms with Gasteiger partial charge in [-0.25, -0.2) is 8.78 Å². The maximum atomic E-state index is 13.3. The molecule has 3 rings (SSSR count). The van der Waals surface area contributed by atoms with Gasteiger partial charge in [0, 0.05) is 33.1 Å². The minimum atomic E-state index is -0.848. The van der Waals surface area contributed by atoms with E-state index < -0.39 is 11.6 Å². The molecule has 1 atom stereocenters. The van der Waals surface area contributed by atoms with Crippen molar-refractivity contribution in [2.45, 2.75) is 32.6 Å². The summed E-state index contributed by atoms with van der Waals surface area (Å²) in [5.74, 6) is -1.65. The molecule has 140 valence electrons. The zero-order valence-electron chi connectivity index (χ0n) is 15.0. The molecule has 2 heterocycles. The lowest BCUT2D eigenvalue weighted by molar-refractivity contribution is -0.140. The molecule has 26 heavy (non-hydrogen) atoms. The topological polar surface area (TPSA) is 40.6 Å². The Hall–Kier alpha value is -2.24. The van der Waals surface area contributed by atoms with Crippen LogP contribution in [-0.2, 0) is 9.59 Å². The number of carbonyl (C=O) groups excluding carboxylic acids is 2. The van der Waals surface area contributed by atoms with Crippen molar-refractivity contribution in [3.63, 3.8) is 0 Å². The van der Waals surface area contributed by atoms with E-state index in [0.29, 0.717) is 25.2 Å². The van der Waals surface area contributed by atoms with E-state index >= 15 is 0 Å². The molecule has 0 spiro atoms. The van der Waals surface area contributed by atoms with Crippen molar-refractivity contribution in [1.82, 2.24) is 9.80 Å². The first-order valence-corrected chi connectivity index (χ1v) is 9.13. The molecule has 4 nitrogen and oxygen atoms in total. The zero-order valence-corrected chi connectivity index (χ0v) is 15.0. The third-order valence-electron chi connectivity index (χ3n) is 5.25. The number of halogens is 2. The molecule has 2 fully saturated rings. The van der Waals surface area contributed by atoms with Crippen LogP contribution in [0.4, 0.5) is 8.78 Å². The highest BCUT2D eigenvalue weighted by atomic mass is 19.2. The van der Waals surface area contributed by atoms with E-state index in [1.165, 1.54) is 6.07 Å². The van der Waals surface area contributed by atoms with Crippen molar-refractivity contribution in [3.8, 4) is 0 Å². The number of nitrogens with zero attached hydrogens (tertiary/aromatic N) is 2. The van der Waals surface area contributed by atoms with Crippen LogP contribution in [0.25, 0.3) is 6.08 Å². The zero-order chi connectivity index (χ0) is 18.7. The van der Waals surface area contributed by atoms with Crippen LogP contribution in [0.2, 0.25) is 0 Å². The van der Waals surface area contributed by atoms with Crippen molar-refractivity contribution in [3.05, 3.63) is 41.0 Å². The summed E-state index contributed by atoms with van der Waals surface area (Å²) in [5, 5.41) is 0. The first-order chi connectivity index (χ1) is 12.4. The summed E-state index contributed by atoms with van der Waals surface area (Å²) < 4.78 is 26.3. The summed E-state index contributed by atoms with van der Waals surface area (Å²) >= 11 is 0. The maximum absolute atomic E-state index is 13.3. The van der Waals surface area contributed by atoms with Gasteiger partial charge in [0.25, 0.3) is 0 Å².